The van der Waals surface area contributed by atoms with E-state index in [1.807, 2.05) is 0 Å². The van der Waals surface area contributed by atoms with Gasteiger partial charge in [0.15, 0.2) is 6.10 Å². The molecule has 7 heteroatoms. The standard InChI is InChI=1S/C17H24N2O2.C5H8O3/c20-17(15-8-11-21-13-15)18-16-6-9-19(10-7-16)12-14-4-2-1-3-5-14;6-5(7)4-2-1-3-8-4/h1-5,15-16H,6-13H2,(H,18,20);4H,1-3H2,(H,6,7)/t15-;4-/m01/s1. The summed E-state index contributed by atoms with van der Waals surface area (Å²) in [6.07, 6.45) is 4.01. The summed E-state index contributed by atoms with van der Waals surface area (Å²) in [5, 5.41) is 11.5. The van der Waals surface area contributed by atoms with E-state index in [9.17, 15) is 9.59 Å². The highest BCUT2D eigenvalue weighted by molar-refractivity contribution is 5.79. The van der Waals surface area contributed by atoms with Crippen molar-refractivity contribution in [2.75, 3.05) is 32.9 Å². The Hall–Kier alpha value is -1.96. The SMILES string of the molecule is O=C(NC1CCN(Cc2ccccc2)CC1)[C@H]1CCOC1.O=C(O)[C@H]1CCCO1. The molecule has 29 heavy (non-hydrogen) atoms. The average Bonchev–Trinajstić information content (AvgIpc) is 3.45. The number of hydrogen-bond acceptors (Lipinski definition) is 5. The number of nitrogens with one attached hydrogen (secondary N) is 1. The van der Waals surface area contributed by atoms with Crippen molar-refractivity contribution in [1.29, 1.82) is 0 Å². The first kappa shape index (κ1) is 21.7. The zero-order chi connectivity index (χ0) is 20.5. The van der Waals surface area contributed by atoms with E-state index >= 15 is 0 Å². The molecule has 2 atom stereocenters. The maximum absolute atomic E-state index is 12.1. The smallest absolute Gasteiger partial charge is 0.332 e. The van der Waals surface area contributed by atoms with Gasteiger partial charge in [-0.15, -0.1) is 0 Å². The number of carboxylic acids is 1. The Bertz CT molecular complexity index is 634. The zero-order valence-corrected chi connectivity index (χ0v) is 16.9. The summed E-state index contributed by atoms with van der Waals surface area (Å²) in [6.45, 7) is 5.06. The first-order valence-electron chi connectivity index (χ1n) is 10.6. The van der Waals surface area contributed by atoms with Gasteiger partial charge in [0.25, 0.3) is 0 Å². The number of amides is 1. The minimum absolute atomic E-state index is 0.0762. The molecule has 0 radical (unpaired) electrons. The van der Waals surface area contributed by atoms with E-state index in [-0.39, 0.29) is 11.8 Å². The van der Waals surface area contributed by atoms with Crippen LogP contribution in [0.15, 0.2) is 30.3 Å². The van der Waals surface area contributed by atoms with Crippen molar-refractivity contribution in [3.8, 4) is 0 Å². The van der Waals surface area contributed by atoms with E-state index in [0.29, 0.717) is 25.7 Å². The third kappa shape index (κ3) is 7.10. The van der Waals surface area contributed by atoms with E-state index in [4.69, 9.17) is 14.6 Å². The number of carboxylic acid groups (broad SMARTS) is 1. The van der Waals surface area contributed by atoms with Crippen LogP contribution in [0.3, 0.4) is 0 Å². The summed E-state index contributed by atoms with van der Waals surface area (Å²) in [7, 11) is 0. The van der Waals surface area contributed by atoms with Crippen LogP contribution in [0.2, 0.25) is 0 Å². The molecule has 1 aromatic rings. The highest BCUT2D eigenvalue weighted by Gasteiger charge is 2.27. The van der Waals surface area contributed by atoms with Gasteiger partial charge in [-0.2, -0.15) is 0 Å². The molecule has 0 bridgehead atoms. The molecular formula is C22H32N2O5. The lowest BCUT2D eigenvalue weighted by Crippen LogP contribution is -2.46. The molecule has 1 aromatic carbocycles. The van der Waals surface area contributed by atoms with Gasteiger partial charge in [0.2, 0.25) is 5.91 Å². The first-order valence-corrected chi connectivity index (χ1v) is 10.6. The average molecular weight is 405 g/mol. The molecule has 7 nitrogen and oxygen atoms in total. The second-order valence-electron chi connectivity index (χ2n) is 7.95. The summed E-state index contributed by atoms with van der Waals surface area (Å²) < 4.78 is 10.1. The zero-order valence-electron chi connectivity index (χ0n) is 16.9. The summed E-state index contributed by atoms with van der Waals surface area (Å²) in [5.41, 5.74) is 1.36. The molecule has 3 heterocycles. The third-order valence-electron chi connectivity index (χ3n) is 5.69. The van der Waals surface area contributed by atoms with Crippen molar-refractivity contribution in [1.82, 2.24) is 10.2 Å². The van der Waals surface area contributed by atoms with Crippen LogP contribution in [0.5, 0.6) is 0 Å². The lowest BCUT2D eigenvalue weighted by molar-refractivity contribution is -0.147. The quantitative estimate of drug-likeness (QED) is 0.781. The lowest BCUT2D eigenvalue weighted by Gasteiger charge is -2.32. The molecule has 0 aliphatic carbocycles. The third-order valence-corrected chi connectivity index (χ3v) is 5.69. The van der Waals surface area contributed by atoms with Gasteiger partial charge in [0.05, 0.1) is 12.5 Å². The van der Waals surface area contributed by atoms with Crippen LogP contribution in [0, 0.1) is 5.92 Å². The molecule has 160 valence electrons. The van der Waals surface area contributed by atoms with E-state index < -0.39 is 12.1 Å². The molecule has 3 aliphatic rings. The predicted molar refractivity (Wildman–Crippen MR) is 108 cm³/mol. The number of carbonyl (C=O) groups is 2. The van der Waals surface area contributed by atoms with Gasteiger partial charge in [-0.25, -0.2) is 4.79 Å². The minimum Gasteiger partial charge on any atom is -0.479 e. The fourth-order valence-corrected chi connectivity index (χ4v) is 3.91. The first-order chi connectivity index (χ1) is 14.1. The topological polar surface area (TPSA) is 88.1 Å². The number of carbonyl (C=O) groups excluding carboxylic acids is 1. The Labute approximate surface area is 172 Å². The highest BCUT2D eigenvalue weighted by atomic mass is 16.5. The van der Waals surface area contributed by atoms with Crippen LogP contribution in [-0.2, 0) is 25.6 Å². The Morgan fingerprint density at radius 1 is 1.07 bits per heavy atom. The Morgan fingerprint density at radius 2 is 1.83 bits per heavy atom. The summed E-state index contributed by atoms with van der Waals surface area (Å²) in [4.78, 5) is 24.6. The van der Waals surface area contributed by atoms with Crippen LogP contribution < -0.4 is 5.32 Å². The molecular weight excluding hydrogens is 372 g/mol. The Kier molecular flexibility index (Phi) is 8.46. The van der Waals surface area contributed by atoms with Gasteiger partial charge in [-0.3, -0.25) is 9.69 Å². The van der Waals surface area contributed by atoms with E-state index in [1.54, 1.807) is 0 Å². The van der Waals surface area contributed by atoms with Gasteiger partial charge in [0.1, 0.15) is 0 Å². The van der Waals surface area contributed by atoms with Gasteiger partial charge in [-0.1, -0.05) is 30.3 Å². The van der Waals surface area contributed by atoms with Crippen molar-refractivity contribution in [3.63, 3.8) is 0 Å². The van der Waals surface area contributed by atoms with Gasteiger partial charge < -0.3 is 19.9 Å². The fourth-order valence-electron chi connectivity index (χ4n) is 3.91. The Morgan fingerprint density at radius 3 is 2.38 bits per heavy atom. The van der Waals surface area contributed by atoms with Crippen LogP contribution in [0.1, 0.15) is 37.7 Å². The summed E-state index contributed by atoms with van der Waals surface area (Å²) in [5.74, 6) is -0.566. The van der Waals surface area contributed by atoms with Gasteiger partial charge in [0, 0.05) is 38.9 Å². The number of ether oxygens (including phenoxy) is 2. The molecule has 4 rings (SSSR count). The van der Waals surface area contributed by atoms with Crippen molar-refractivity contribution < 1.29 is 24.2 Å². The number of rotatable bonds is 5. The normalized spacial score (nSPS) is 25.2. The molecule has 0 spiro atoms. The number of piperidine rings is 1. The van der Waals surface area contributed by atoms with Crippen LogP contribution in [-0.4, -0.2) is 66.9 Å². The van der Waals surface area contributed by atoms with Crippen molar-refractivity contribution in [2.24, 2.45) is 5.92 Å². The fraction of sp³-hybridized carbons (Fsp3) is 0.636. The summed E-state index contributed by atoms with van der Waals surface area (Å²) >= 11 is 0. The molecule has 3 saturated heterocycles. The maximum atomic E-state index is 12.1. The second kappa shape index (κ2) is 11.3. The molecule has 3 aliphatic heterocycles. The van der Waals surface area contributed by atoms with E-state index in [1.165, 1.54) is 5.56 Å². The van der Waals surface area contributed by atoms with Crippen LogP contribution >= 0.6 is 0 Å². The van der Waals surface area contributed by atoms with Crippen LogP contribution in [0.25, 0.3) is 0 Å². The molecule has 1 amide bonds. The number of benzene rings is 1. The van der Waals surface area contributed by atoms with Gasteiger partial charge in [-0.05, 0) is 37.7 Å². The van der Waals surface area contributed by atoms with Crippen LogP contribution in [0.4, 0.5) is 0 Å². The Balaban J connectivity index is 0.000000252. The van der Waals surface area contributed by atoms with E-state index in [0.717, 1.165) is 51.9 Å². The minimum atomic E-state index is -0.831. The molecule has 0 aromatic heterocycles. The maximum Gasteiger partial charge on any atom is 0.332 e. The monoisotopic (exact) mass is 404 g/mol. The van der Waals surface area contributed by atoms with Crippen molar-refractivity contribution in [3.05, 3.63) is 35.9 Å². The van der Waals surface area contributed by atoms with Gasteiger partial charge >= 0.3 is 5.97 Å². The number of likely N-dealkylation sites (tertiary alicyclic amines) is 1. The number of hydrogen-bond donors (Lipinski definition) is 2. The number of aliphatic carboxylic acids is 1. The molecule has 2 N–H and O–H groups in total. The second-order valence-corrected chi connectivity index (χ2v) is 7.95. The lowest BCUT2D eigenvalue weighted by atomic mass is 10.0. The molecule has 3 fully saturated rings. The highest BCUT2D eigenvalue weighted by Crippen LogP contribution is 2.17. The molecule has 0 saturated carbocycles. The van der Waals surface area contributed by atoms with Crippen molar-refractivity contribution in [2.45, 2.75) is 50.8 Å². The van der Waals surface area contributed by atoms with Crippen molar-refractivity contribution >= 4 is 11.9 Å². The van der Waals surface area contributed by atoms with E-state index in [2.05, 4.69) is 40.5 Å². The summed E-state index contributed by atoms with van der Waals surface area (Å²) in [6, 6.07) is 10.9. The number of nitrogens with zero attached hydrogens (tertiary/aromatic N) is 1. The predicted octanol–water partition coefficient (Wildman–Crippen LogP) is 2.05. The largest absolute Gasteiger partial charge is 0.479 e. The molecule has 0 unspecified atom stereocenters.